The zero-order valence-electron chi connectivity index (χ0n) is 10.2. The molecule has 0 aromatic heterocycles. The fourth-order valence-corrected chi connectivity index (χ4v) is 3.12. The van der Waals surface area contributed by atoms with Crippen LogP contribution >= 0.6 is 11.6 Å². The van der Waals surface area contributed by atoms with Gasteiger partial charge in [-0.15, -0.1) is 0 Å². The Morgan fingerprint density at radius 1 is 1.00 bits per heavy atom. The molecule has 0 amide bonds. The summed E-state index contributed by atoms with van der Waals surface area (Å²) < 4.78 is 65.3. The molecule has 0 saturated heterocycles. The molecule has 0 aliphatic rings. The van der Waals surface area contributed by atoms with Crippen LogP contribution in [0.3, 0.4) is 0 Å². The molecule has 9 heteroatoms. The van der Waals surface area contributed by atoms with E-state index in [1.807, 2.05) is 0 Å². The number of nitrogen functional groups attached to an aromatic ring is 1. The Balaban J connectivity index is 2.47. The lowest BCUT2D eigenvalue weighted by Gasteiger charge is -2.11. The van der Waals surface area contributed by atoms with Crippen molar-refractivity contribution in [1.29, 1.82) is 0 Å². The maximum atomic E-state index is 13.5. The van der Waals surface area contributed by atoms with Crippen molar-refractivity contribution in [2.24, 2.45) is 0 Å². The first kappa shape index (κ1) is 15.5. The number of hydrogen-bond acceptors (Lipinski definition) is 3. The summed E-state index contributed by atoms with van der Waals surface area (Å²) in [5.41, 5.74) is 4.83. The number of halogens is 4. The Hall–Kier alpha value is -1.93. The molecule has 0 atom stereocenters. The van der Waals surface area contributed by atoms with E-state index >= 15 is 0 Å². The summed E-state index contributed by atoms with van der Waals surface area (Å²) in [4.78, 5) is -0.409. The number of rotatable bonds is 3. The van der Waals surface area contributed by atoms with Crippen LogP contribution in [0.1, 0.15) is 0 Å². The van der Waals surface area contributed by atoms with Gasteiger partial charge in [-0.05, 0) is 18.2 Å². The molecule has 0 bridgehead atoms. The minimum Gasteiger partial charge on any atom is -0.399 e. The normalized spacial score (nSPS) is 11.4. The molecule has 0 heterocycles. The minimum atomic E-state index is -4.31. The number of sulfonamides is 1. The lowest BCUT2D eigenvalue weighted by Crippen LogP contribution is -2.15. The molecule has 0 saturated carbocycles. The average Bonchev–Trinajstić information content (AvgIpc) is 2.38. The van der Waals surface area contributed by atoms with Crippen molar-refractivity contribution < 1.29 is 21.6 Å². The van der Waals surface area contributed by atoms with Crippen molar-refractivity contribution in [1.82, 2.24) is 0 Å². The highest BCUT2D eigenvalue weighted by atomic mass is 35.5. The van der Waals surface area contributed by atoms with Crippen molar-refractivity contribution in [3.05, 3.63) is 52.8 Å². The second kappa shape index (κ2) is 5.45. The van der Waals surface area contributed by atoms with Gasteiger partial charge < -0.3 is 5.73 Å². The second-order valence-corrected chi connectivity index (χ2v) is 6.10. The lowest BCUT2D eigenvalue weighted by atomic mass is 10.3. The highest BCUT2D eigenvalue weighted by Gasteiger charge is 2.21. The van der Waals surface area contributed by atoms with Crippen LogP contribution < -0.4 is 10.5 Å². The first-order valence-corrected chi connectivity index (χ1v) is 7.29. The number of hydrogen-bond donors (Lipinski definition) is 2. The van der Waals surface area contributed by atoms with Crippen LogP contribution in [0.25, 0.3) is 0 Å². The highest BCUT2D eigenvalue weighted by molar-refractivity contribution is 7.92. The van der Waals surface area contributed by atoms with E-state index in [1.54, 1.807) is 4.72 Å². The predicted molar refractivity (Wildman–Crippen MR) is 73.0 cm³/mol. The number of nitrogens with two attached hydrogens (primary N) is 1. The molecule has 0 aliphatic carbocycles. The van der Waals surface area contributed by atoms with Gasteiger partial charge in [-0.1, -0.05) is 11.6 Å². The van der Waals surface area contributed by atoms with Crippen LogP contribution in [0.5, 0.6) is 0 Å². The quantitative estimate of drug-likeness (QED) is 0.668. The Morgan fingerprint density at radius 3 is 2.29 bits per heavy atom. The molecule has 3 N–H and O–H groups in total. The van der Waals surface area contributed by atoms with Crippen LogP contribution in [-0.2, 0) is 10.0 Å². The van der Waals surface area contributed by atoms with E-state index in [-0.39, 0.29) is 16.8 Å². The van der Waals surface area contributed by atoms with Gasteiger partial charge in [0.2, 0.25) is 0 Å². The third kappa shape index (κ3) is 3.22. The van der Waals surface area contributed by atoms with Gasteiger partial charge in [0.1, 0.15) is 10.7 Å². The van der Waals surface area contributed by atoms with E-state index in [0.717, 1.165) is 6.07 Å². The van der Waals surface area contributed by atoms with E-state index in [4.69, 9.17) is 17.3 Å². The largest absolute Gasteiger partial charge is 0.399 e. The molecule has 0 fully saturated rings. The molecule has 0 radical (unpaired) electrons. The molecule has 2 aromatic carbocycles. The van der Waals surface area contributed by atoms with Gasteiger partial charge >= 0.3 is 0 Å². The summed E-state index contributed by atoms with van der Waals surface area (Å²) >= 11 is 5.74. The molecule has 0 aliphatic heterocycles. The zero-order valence-corrected chi connectivity index (χ0v) is 11.8. The average molecular weight is 337 g/mol. The molecule has 112 valence electrons. The summed E-state index contributed by atoms with van der Waals surface area (Å²) in [5.74, 6) is -4.09. The topological polar surface area (TPSA) is 72.2 Å². The standard InChI is InChI=1S/C12H8ClF3N2O2S/c13-7-2-1-6(17)3-12(7)21(19,20)18-11-5-9(15)8(14)4-10(11)16/h1-5,18H,17H2. The van der Waals surface area contributed by atoms with Crippen LogP contribution in [0.2, 0.25) is 5.02 Å². The SMILES string of the molecule is Nc1ccc(Cl)c(S(=O)(=O)Nc2cc(F)c(F)cc2F)c1. The Bertz CT molecular complexity index is 812. The van der Waals surface area contributed by atoms with Gasteiger partial charge in [-0.3, -0.25) is 4.72 Å². The van der Waals surface area contributed by atoms with Crippen LogP contribution in [0.15, 0.2) is 35.2 Å². The van der Waals surface area contributed by atoms with Crippen molar-refractivity contribution in [2.75, 3.05) is 10.5 Å². The van der Waals surface area contributed by atoms with Gasteiger partial charge in [0.15, 0.2) is 11.6 Å². The maximum absolute atomic E-state index is 13.5. The Morgan fingerprint density at radius 2 is 1.62 bits per heavy atom. The highest BCUT2D eigenvalue weighted by Crippen LogP contribution is 2.27. The lowest BCUT2D eigenvalue weighted by molar-refractivity contribution is 0.496. The van der Waals surface area contributed by atoms with Gasteiger partial charge in [0, 0.05) is 17.8 Å². The van der Waals surface area contributed by atoms with Crippen molar-refractivity contribution in [3.63, 3.8) is 0 Å². The van der Waals surface area contributed by atoms with E-state index in [1.165, 1.54) is 12.1 Å². The first-order valence-electron chi connectivity index (χ1n) is 5.43. The third-order valence-corrected chi connectivity index (χ3v) is 4.35. The molecular weight excluding hydrogens is 329 g/mol. The summed E-state index contributed by atoms with van der Waals surface area (Å²) in [6.45, 7) is 0. The molecule has 4 nitrogen and oxygen atoms in total. The number of nitrogens with one attached hydrogen (secondary N) is 1. The van der Waals surface area contributed by atoms with Crippen LogP contribution in [0.4, 0.5) is 24.5 Å². The molecule has 2 aromatic rings. The molecule has 0 unspecified atom stereocenters. The molecular formula is C12H8ClF3N2O2S. The van der Waals surface area contributed by atoms with E-state index in [9.17, 15) is 21.6 Å². The fourth-order valence-electron chi connectivity index (χ4n) is 1.53. The smallest absolute Gasteiger partial charge is 0.263 e. The molecule has 21 heavy (non-hydrogen) atoms. The summed E-state index contributed by atoms with van der Waals surface area (Å²) in [7, 11) is -4.31. The van der Waals surface area contributed by atoms with Gasteiger partial charge in [-0.2, -0.15) is 0 Å². The summed E-state index contributed by atoms with van der Waals surface area (Å²) in [5, 5.41) is -0.153. The van der Waals surface area contributed by atoms with E-state index < -0.39 is 38.1 Å². The third-order valence-electron chi connectivity index (χ3n) is 2.50. The minimum absolute atomic E-state index is 0.116. The first-order chi connectivity index (χ1) is 9.70. The van der Waals surface area contributed by atoms with Crippen molar-refractivity contribution in [3.8, 4) is 0 Å². The molecule has 0 spiro atoms. The van der Waals surface area contributed by atoms with Crippen LogP contribution in [-0.4, -0.2) is 8.42 Å². The van der Waals surface area contributed by atoms with Gasteiger partial charge in [-0.25, -0.2) is 21.6 Å². The van der Waals surface area contributed by atoms with E-state index in [0.29, 0.717) is 6.07 Å². The Labute approximate surface area is 123 Å². The van der Waals surface area contributed by atoms with Crippen molar-refractivity contribution >= 4 is 33.0 Å². The monoisotopic (exact) mass is 336 g/mol. The summed E-state index contributed by atoms with van der Waals surface area (Å²) in [6.07, 6.45) is 0. The van der Waals surface area contributed by atoms with Crippen LogP contribution in [0, 0.1) is 17.5 Å². The second-order valence-electron chi connectivity index (χ2n) is 4.04. The zero-order chi connectivity index (χ0) is 15.8. The maximum Gasteiger partial charge on any atom is 0.263 e. The molecule has 2 rings (SSSR count). The fraction of sp³-hybridized carbons (Fsp3) is 0. The van der Waals surface area contributed by atoms with E-state index in [2.05, 4.69) is 0 Å². The predicted octanol–water partition coefficient (Wildman–Crippen LogP) is 3.14. The van der Waals surface area contributed by atoms with Crippen molar-refractivity contribution in [2.45, 2.75) is 4.90 Å². The Kier molecular flexibility index (Phi) is 4.02. The van der Waals surface area contributed by atoms with Gasteiger partial charge in [0.25, 0.3) is 10.0 Å². The van der Waals surface area contributed by atoms with Gasteiger partial charge in [0.05, 0.1) is 10.7 Å². The number of benzene rings is 2. The number of anilines is 2. The summed E-state index contributed by atoms with van der Waals surface area (Å²) in [6, 6.07) is 4.30.